The van der Waals surface area contributed by atoms with Crippen LogP contribution in [0, 0.1) is 0 Å². The van der Waals surface area contributed by atoms with Gasteiger partial charge in [-0.15, -0.1) is 0 Å². The molecule has 0 amide bonds. The van der Waals surface area contributed by atoms with Gasteiger partial charge in [0.15, 0.2) is 0 Å². The Hall–Kier alpha value is -0.990. The fourth-order valence-electron chi connectivity index (χ4n) is 1.30. The Labute approximate surface area is 85.1 Å². The summed E-state index contributed by atoms with van der Waals surface area (Å²) in [5, 5.41) is 3.16. The molecular weight excluding hydrogens is 176 g/mol. The summed E-state index contributed by atoms with van der Waals surface area (Å²) >= 11 is 0. The fraction of sp³-hybridized carbons (Fsp3) is 0.727. The quantitative estimate of drug-likeness (QED) is 0.791. The highest BCUT2D eigenvalue weighted by molar-refractivity contribution is 5.10. The van der Waals surface area contributed by atoms with E-state index in [0.29, 0.717) is 0 Å². The summed E-state index contributed by atoms with van der Waals surface area (Å²) in [7, 11) is 0. The predicted molar refractivity (Wildman–Crippen MR) is 58.7 cm³/mol. The summed E-state index contributed by atoms with van der Waals surface area (Å²) in [5.41, 5.74) is 1.12. The Kier molecular flexibility index (Phi) is 3.19. The molecule has 0 aliphatic rings. The van der Waals surface area contributed by atoms with E-state index >= 15 is 0 Å². The first kappa shape index (κ1) is 11.1. The number of aryl methyl sites for hydroxylation is 1. The topological polar surface area (TPSA) is 37.8 Å². The van der Waals surface area contributed by atoms with Crippen molar-refractivity contribution in [3.63, 3.8) is 0 Å². The van der Waals surface area contributed by atoms with Crippen LogP contribution in [-0.4, -0.2) is 9.78 Å². The van der Waals surface area contributed by atoms with Crippen molar-refractivity contribution in [2.24, 2.45) is 0 Å². The molecule has 0 atom stereocenters. The highest BCUT2D eigenvalue weighted by Gasteiger charge is 2.17. The van der Waals surface area contributed by atoms with Crippen molar-refractivity contribution in [2.45, 2.75) is 52.5 Å². The first-order valence-electron chi connectivity index (χ1n) is 5.25. The van der Waals surface area contributed by atoms with Crippen molar-refractivity contribution in [1.29, 1.82) is 0 Å². The van der Waals surface area contributed by atoms with Gasteiger partial charge in [0, 0.05) is 23.7 Å². The van der Waals surface area contributed by atoms with Crippen molar-refractivity contribution in [1.82, 2.24) is 9.78 Å². The van der Waals surface area contributed by atoms with Gasteiger partial charge in [-0.1, -0.05) is 34.1 Å². The van der Waals surface area contributed by atoms with Crippen LogP contribution in [0.5, 0.6) is 0 Å². The molecule has 1 N–H and O–H groups in total. The lowest BCUT2D eigenvalue weighted by Crippen LogP contribution is -2.16. The number of hydrogen-bond acceptors (Lipinski definition) is 1. The molecule has 1 heterocycles. The van der Waals surface area contributed by atoms with Crippen LogP contribution in [0.4, 0.5) is 0 Å². The van der Waals surface area contributed by atoms with E-state index in [1.165, 1.54) is 0 Å². The van der Waals surface area contributed by atoms with Gasteiger partial charge >= 0.3 is 0 Å². The lowest BCUT2D eigenvalue weighted by Gasteiger charge is -2.15. The Bertz CT molecular complexity index is 341. The smallest absolute Gasteiger partial charge is 0.266 e. The zero-order chi connectivity index (χ0) is 10.8. The van der Waals surface area contributed by atoms with E-state index in [1.807, 2.05) is 0 Å². The number of nitrogens with one attached hydrogen (secondary N) is 1. The van der Waals surface area contributed by atoms with E-state index in [1.54, 1.807) is 10.7 Å². The molecule has 3 heteroatoms. The molecule has 0 unspecified atom stereocenters. The van der Waals surface area contributed by atoms with Crippen molar-refractivity contribution in [3.05, 3.63) is 22.1 Å². The minimum absolute atomic E-state index is 0.0244. The molecule has 14 heavy (non-hydrogen) atoms. The summed E-state index contributed by atoms with van der Waals surface area (Å²) in [5.74, 6) is 0. The second-order valence-electron chi connectivity index (χ2n) is 4.76. The van der Waals surface area contributed by atoms with Crippen LogP contribution in [0.2, 0.25) is 0 Å². The fourth-order valence-corrected chi connectivity index (χ4v) is 1.30. The molecule has 3 nitrogen and oxygen atoms in total. The van der Waals surface area contributed by atoms with E-state index in [2.05, 4.69) is 32.8 Å². The third-order valence-corrected chi connectivity index (χ3v) is 2.33. The largest absolute Gasteiger partial charge is 0.299 e. The van der Waals surface area contributed by atoms with E-state index in [0.717, 1.165) is 25.1 Å². The molecule has 1 rings (SSSR count). The van der Waals surface area contributed by atoms with E-state index < -0.39 is 0 Å². The average Bonchev–Trinajstić information content (AvgIpc) is 2.43. The SMILES string of the molecule is CCCCn1[nH]c(C(C)(C)C)cc1=O. The van der Waals surface area contributed by atoms with Gasteiger partial charge in [-0.25, -0.2) is 0 Å². The minimum Gasteiger partial charge on any atom is -0.299 e. The highest BCUT2D eigenvalue weighted by Crippen LogP contribution is 2.17. The molecule has 0 aromatic carbocycles. The van der Waals surface area contributed by atoms with Crippen LogP contribution < -0.4 is 5.56 Å². The summed E-state index contributed by atoms with van der Waals surface area (Å²) in [6, 6.07) is 1.70. The van der Waals surface area contributed by atoms with Crippen molar-refractivity contribution < 1.29 is 0 Å². The summed E-state index contributed by atoms with van der Waals surface area (Å²) in [6.07, 6.45) is 2.15. The van der Waals surface area contributed by atoms with Crippen LogP contribution in [0.25, 0.3) is 0 Å². The molecule has 0 fully saturated rings. The lowest BCUT2D eigenvalue weighted by molar-refractivity contribution is 0.513. The Morgan fingerprint density at radius 1 is 1.43 bits per heavy atom. The van der Waals surface area contributed by atoms with Crippen LogP contribution in [0.1, 0.15) is 46.2 Å². The maximum atomic E-state index is 11.5. The summed E-state index contributed by atoms with van der Waals surface area (Å²) in [6.45, 7) is 9.22. The number of hydrogen-bond donors (Lipinski definition) is 1. The number of rotatable bonds is 3. The predicted octanol–water partition coefficient (Wildman–Crippen LogP) is 2.27. The molecule has 0 bridgehead atoms. The normalized spacial score (nSPS) is 12.0. The van der Waals surface area contributed by atoms with Crippen LogP contribution in [-0.2, 0) is 12.0 Å². The second kappa shape index (κ2) is 4.03. The molecule has 1 aromatic heterocycles. The zero-order valence-corrected chi connectivity index (χ0v) is 9.55. The zero-order valence-electron chi connectivity index (χ0n) is 9.55. The van der Waals surface area contributed by atoms with E-state index in [-0.39, 0.29) is 11.0 Å². The molecule has 0 spiro atoms. The van der Waals surface area contributed by atoms with E-state index in [4.69, 9.17) is 0 Å². The first-order chi connectivity index (χ1) is 6.45. The molecule has 0 saturated carbocycles. The molecule has 0 aliphatic carbocycles. The van der Waals surface area contributed by atoms with Gasteiger partial charge in [-0.05, 0) is 6.42 Å². The molecule has 0 saturated heterocycles. The van der Waals surface area contributed by atoms with Crippen LogP contribution in [0.3, 0.4) is 0 Å². The van der Waals surface area contributed by atoms with Gasteiger partial charge in [-0.3, -0.25) is 14.6 Å². The molecular formula is C11H20N2O. The summed E-state index contributed by atoms with van der Waals surface area (Å²) in [4.78, 5) is 11.5. The Balaban J connectivity index is 2.88. The minimum atomic E-state index is 0.0244. The van der Waals surface area contributed by atoms with Crippen LogP contribution in [0.15, 0.2) is 10.9 Å². The van der Waals surface area contributed by atoms with Gasteiger partial charge in [0.2, 0.25) is 0 Å². The molecule has 1 aromatic rings. The van der Waals surface area contributed by atoms with E-state index in [9.17, 15) is 4.79 Å². The third-order valence-electron chi connectivity index (χ3n) is 2.33. The number of aromatic amines is 1. The Morgan fingerprint density at radius 3 is 2.50 bits per heavy atom. The van der Waals surface area contributed by atoms with Gasteiger partial charge < -0.3 is 0 Å². The third kappa shape index (κ3) is 2.50. The monoisotopic (exact) mass is 196 g/mol. The molecule has 80 valence electrons. The maximum Gasteiger partial charge on any atom is 0.266 e. The first-order valence-corrected chi connectivity index (χ1v) is 5.25. The van der Waals surface area contributed by atoms with Gasteiger partial charge in [0.25, 0.3) is 5.56 Å². The number of aromatic nitrogens is 2. The Morgan fingerprint density at radius 2 is 2.07 bits per heavy atom. The van der Waals surface area contributed by atoms with Crippen molar-refractivity contribution in [3.8, 4) is 0 Å². The summed E-state index contributed by atoms with van der Waals surface area (Å²) < 4.78 is 1.70. The van der Waals surface area contributed by atoms with Gasteiger partial charge in [-0.2, -0.15) is 0 Å². The maximum absolute atomic E-state index is 11.5. The van der Waals surface area contributed by atoms with Crippen molar-refractivity contribution in [2.75, 3.05) is 0 Å². The second-order valence-corrected chi connectivity index (χ2v) is 4.76. The lowest BCUT2D eigenvalue weighted by atomic mass is 9.93. The number of unbranched alkanes of at least 4 members (excludes halogenated alkanes) is 1. The van der Waals surface area contributed by atoms with Crippen LogP contribution >= 0.6 is 0 Å². The standard InChI is InChI=1S/C11H20N2O/c1-5-6-7-13-10(14)8-9(12-13)11(2,3)4/h8,12H,5-7H2,1-4H3. The molecule has 0 aliphatic heterocycles. The molecule has 0 radical (unpaired) electrons. The number of nitrogens with zero attached hydrogens (tertiary/aromatic N) is 1. The van der Waals surface area contributed by atoms with Crippen molar-refractivity contribution >= 4 is 0 Å². The van der Waals surface area contributed by atoms with Gasteiger partial charge in [0.1, 0.15) is 0 Å². The van der Waals surface area contributed by atoms with Gasteiger partial charge in [0.05, 0.1) is 0 Å². The average molecular weight is 196 g/mol. The number of H-pyrrole nitrogens is 1. The highest BCUT2D eigenvalue weighted by atomic mass is 16.1.